The predicted octanol–water partition coefficient (Wildman–Crippen LogP) is 4.83. The van der Waals surface area contributed by atoms with E-state index >= 15 is 0 Å². The fourth-order valence-electron chi connectivity index (χ4n) is 3.03. The Balaban J connectivity index is 1.52. The van der Waals surface area contributed by atoms with Crippen LogP contribution in [0.2, 0.25) is 0 Å². The van der Waals surface area contributed by atoms with Gasteiger partial charge < -0.3 is 14.4 Å². The molecular weight excluding hydrogens is 380 g/mol. The molecule has 4 rings (SSSR count). The molecule has 0 fully saturated rings. The summed E-state index contributed by atoms with van der Waals surface area (Å²) in [6, 6.07) is 18.5. The highest BCUT2D eigenvalue weighted by atomic mass is 16.5. The highest BCUT2D eigenvalue weighted by molar-refractivity contribution is 5.93. The number of nitrogens with one attached hydrogen (secondary N) is 1. The van der Waals surface area contributed by atoms with Crippen molar-refractivity contribution < 1.29 is 13.8 Å². The maximum absolute atomic E-state index is 12.8. The van der Waals surface area contributed by atoms with Gasteiger partial charge >= 0.3 is 0 Å². The second-order valence-electron chi connectivity index (χ2n) is 7.46. The van der Waals surface area contributed by atoms with Gasteiger partial charge in [0.1, 0.15) is 6.04 Å². The standard InChI is InChI=1S/C23H22N4O3/c1-14(2)20(23-25-21(27-30-23)17-7-5-4-6-8-17)24-22(28)18-13-19(29-26-18)16-11-9-15(3)10-12-16/h4-14,20H,1-3H3,(H,24,28)/t20-/m0/s1. The molecule has 0 saturated carbocycles. The van der Waals surface area contributed by atoms with Crippen molar-refractivity contribution in [3.63, 3.8) is 0 Å². The number of carbonyl (C=O) groups is 1. The predicted molar refractivity (Wildman–Crippen MR) is 111 cm³/mol. The molecule has 0 unspecified atom stereocenters. The summed E-state index contributed by atoms with van der Waals surface area (Å²) < 4.78 is 10.8. The van der Waals surface area contributed by atoms with Gasteiger partial charge in [0.05, 0.1) is 0 Å². The fourth-order valence-corrected chi connectivity index (χ4v) is 3.03. The van der Waals surface area contributed by atoms with Crippen LogP contribution in [0.5, 0.6) is 0 Å². The van der Waals surface area contributed by atoms with Crippen LogP contribution in [0.3, 0.4) is 0 Å². The zero-order valence-electron chi connectivity index (χ0n) is 17.0. The Labute approximate surface area is 174 Å². The van der Waals surface area contributed by atoms with Crippen molar-refractivity contribution in [3.05, 3.63) is 77.8 Å². The molecule has 0 radical (unpaired) electrons. The molecule has 7 nitrogen and oxygen atoms in total. The van der Waals surface area contributed by atoms with Gasteiger partial charge in [0.15, 0.2) is 11.5 Å². The summed E-state index contributed by atoms with van der Waals surface area (Å²) in [4.78, 5) is 17.3. The molecule has 2 heterocycles. The third-order valence-electron chi connectivity index (χ3n) is 4.77. The minimum absolute atomic E-state index is 0.0292. The van der Waals surface area contributed by atoms with Crippen LogP contribution >= 0.6 is 0 Å². The lowest BCUT2D eigenvalue weighted by atomic mass is 10.0. The number of aryl methyl sites for hydroxylation is 1. The van der Waals surface area contributed by atoms with Crippen molar-refractivity contribution in [3.8, 4) is 22.7 Å². The van der Waals surface area contributed by atoms with Crippen LogP contribution in [0.4, 0.5) is 0 Å². The molecule has 7 heteroatoms. The first-order valence-corrected chi connectivity index (χ1v) is 9.75. The van der Waals surface area contributed by atoms with Crippen molar-refractivity contribution in [1.82, 2.24) is 20.6 Å². The maximum Gasteiger partial charge on any atom is 0.274 e. The average Bonchev–Trinajstić information content (AvgIpc) is 3.43. The molecule has 0 aliphatic rings. The largest absolute Gasteiger partial charge is 0.355 e. The SMILES string of the molecule is Cc1ccc(-c2cc(C(=O)N[C@H](c3nc(-c4ccccc4)no3)C(C)C)no2)cc1. The molecule has 1 atom stereocenters. The number of hydrogen-bond donors (Lipinski definition) is 1. The van der Waals surface area contributed by atoms with E-state index in [1.807, 2.05) is 75.4 Å². The van der Waals surface area contributed by atoms with Gasteiger partial charge in [0, 0.05) is 17.2 Å². The van der Waals surface area contributed by atoms with E-state index < -0.39 is 6.04 Å². The molecule has 2 aromatic carbocycles. The van der Waals surface area contributed by atoms with Crippen LogP contribution in [0, 0.1) is 12.8 Å². The lowest BCUT2D eigenvalue weighted by molar-refractivity contribution is 0.0904. The molecule has 2 aromatic heterocycles. The van der Waals surface area contributed by atoms with Crippen LogP contribution in [0.1, 0.15) is 41.8 Å². The van der Waals surface area contributed by atoms with Crippen LogP contribution in [0.25, 0.3) is 22.7 Å². The first kappa shape index (κ1) is 19.6. The maximum atomic E-state index is 12.8. The van der Waals surface area contributed by atoms with Gasteiger partial charge in [0.2, 0.25) is 11.7 Å². The molecule has 0 bridgehead atoms. The normalized spacial score (nSPS) is 12.1. The van der Waals surface area contributed by atoms with E-state index in [1.54, 1.807) is 6.07 Å². The second kappa shape index (κ2) is 8.32. The third kappa shape index (κ3) is 4.15. The van der Waals surface area contributed by atoms with Crippen molar-refractivity contribution in [2.75, 3.05) is 0 Å². The van der Waals surface area contributed by atoms with Gasteiger partial charge in [-0.05, 0) is 12.8 Å². The van der Waals surface area contributed by atoms with Crippen molar-refractivity contribution in [2.45, 2.75) is 26.8 Å². The lowest BCUT2D eigenvalue weighted by Gasteiger charge is -2.17. The smallest absolute Gasteiger partial charge is 0.274 e. The Morgan fingerprint density at radius 2 is 1.67 bits per heavy atom. The third-order valence-corrected chi connectivity index (χ3v) is 4.77. The molecule has 0 aliphatic carbocycles. The lowest BCUT2D eigenvalue weighted by Crippen LogP contribution is -2.32. The summed E-state index contributed by atoms with van der Waals surface area (Å²) >= 11 is 0. The molecule has 1 N–H and O–H groups in total. The van der Waals surface area contributed by atoms with E-state index in [2.05, 4.69) is 20.6 Å². The number of aromatic nitrogens is 3. The summed E-state index contributed by atoms with van der Waals surface area (Å²) in [6.45, 7) is 5.95. The fraction of sp³-hybridized carbons (Fsp3) is 0.217. The Morgan fingerprint density at radius 3 is 2.37 bits per heavy atom. The number of benzene rings is 2. The van der Waals surface area contributed by atoms with Crippen LogP contribution in [-0.4, -0.2) is 21.2 Å². The Bertz CT molecular complexity index is 1130. The number of amides is 1. The number of hydrogen-bond acceptors (Lipinski definition) is 6. The Kier molecular flexibility index (Phi) is 5.43. The zero-order chi connectivity index (χ0) is 21.1. The topological polar surface area (TPSA) is 94.1 Å². The first-order chi connectivity index (χ1) is 14.5. The van der Waals surface area contributed by atoms with E-state index in [1.165, 1.54) is 0 Å². The Morgan fingerprint density at radius 1 is 0.933 bits per heavy atom. The van der Waals surface area contributed by atoms with Gasteiger partial charge in [0.25, 0.3) is 5.91 Å². The number of nitrogens with zero attached hydrogens (tertiary/aromatic N) is 3. The van der Waals surface area contributed by atoms with Gasteiger partial charge in [-0.1, -0.05) is 84.3 Å². The number of rotatable bonds is 6. The second-order valence-corrected chi connectivity index (χ2v) is 7.46. The molecule has 0 saturated heterocycles. The first-order valence-electron chi connectivity index (χ1n) is 9.75. The summed E-state index contributed by atoms with van der Waals surface area (Å²) in [7, 11) is 0. The molecule has 152 valence electrons. The minimum atomic E-state index is -0.456. The quantitative estimate of drug-likeness (QED) is 0.497. The van der Waals surface area contributed by atoms with Gasteiger partial charge in [-0.2, -0.15) is 4.98 Å². The van der Waals surface area contributed by atoms with Gasteiger partial charge in [-0.3, -0.25) is 4.79 Å². The summed E-state index contributed by atoms with van der Waals surface area (Å²) in [6.07, 6.45) is 0. The Hall–Kier alpha value is -3.74. The highest BCUT2D eigenvalue weighted by Crippen LogP contribution is 2.25. The van der Waals surface area contributed by atoms with Crippen LogP contribution in [-0.2, 0) is 0 Å². The summed E-state index contributed by atoms with van der Waals surface area (Å²) in [5.74, 6) is 1.02. The van der Waals surface area contributed by atoms with E-state index in [-0.39, 0.29) is 17.5 Å². The van der Waals surface area contributed by atoms with Gasteiger partial charge in [-0.25, -0.2) is 0 Å². The van der Waals surface area contributed by atoms with E-state index in [4.69, 9.17) is 9.05 Å². The monoisotopic (exact) mass is 402 g/mol. The molecule has 4 aromatic rings. The minimum Gasteiger partial charge on any atom is -0.355 e. The molecule has 1 amide bonds. The van der Waals surface area contributed by atoms with E-state index in [9.17, 15) is 4.79 Å². The highest BCUT2D eigenvalue weighted by Gasteiger charge is 2.26. The average molecular weight is 402 g/mol. The van der Waals surface area contributed by atoms with Crippen molar-refractivity contribution in [1.29, 1.82) is 0 Å². The van der Waals surface area contributed by atoms with Crippen LogP contribution < -0.4 is 5.32 Å². The zero-order valence-corrected chi connectivity index (χ0v) is 17.0. The summed E-state index contributed by atoms with van der Waals surface area (Å²) in [5, 5.41) is 10.9. The van der Waals surface area contributed by atoms with Gasteiger partial charge in [-0.15, -0.1) is 0 Å². The summed E-state index contributed by atoms with van der Waals surface area (Å²) in [5.41, 5.74) is 3.04. The molecule has 0 aliphatic heterocycles. The molecular formula is C23H22N4O3. The van der Waals surface area contributed by atoms with Crippen molar-refractivity contribution >= 4 is 5.91 Å². The van der Waals surface area contributed by atoms with E-state index in [0.717, 1.165) is 16.7 Å². The van der Waals surface area contributed by atoms with Crippen LogP contribution in [0.15, 0.2) is 69.7 Å². The van der Waals surface area contributed by atoms with E-state index in [0.29, 0.717) is 17.5 Å². The molecule has 30 heavy (non-hydrogen) atoms. The number of carbonyl (C=O) groups excluding carboxylic acids is 1. The molecule has 0 spiro atoms. The van der Waals surface area contributed by atoms with Crippen molar-refractivity contribution in [2.24, 2.45) is 5.92 Å².